The smallest absolute Gasteiger partial charge is 0.310 e. The van der Waals surface area contributed by atoms with Crippen LogP contribution in [0.5, 0.6) is 0 Å². The van der Waals surface area contributed by atoms with Crippen LogP contribution in [0.15, 0.2) is 29.8 Å². The monoisotopic (exact) mass is 260 g/mol. The number of carboxylic acid groups (broad SMARTS) is 1. The number of benzene rings is 1. The highest BCUT2D eigenvalue weighted by molar-refractivity contribution is 5.75. The number of aliphatic hydroxyl groups is 1. The Morgan fingerprint density at radius 1 is 1.05 bits per heavy atom. The Morgan fingerprint density at radius 3 is 2.16 bits per heavy atom. The van der Waals surface area contributed by atoms with Gasteiger partial charge in [-0.15, -0.1) is 0 Å². The fourth-order valence-electron chi connectivity index (χ4n) is 2.49. The molecule has 2 rings (SSSR count). The molecular weight excluding hydrogens is 240 g/mol. The van der Waals surface area contributed by atoms with E-state index in [1.54, 1.807) is 19.1 Å². The SMILES string of the molecule is CC(C(=O)O)c1ccc(C(O)=C2CCCCC2)cc1. The number of carbonyl (C=O) groups is 1. The van der Waals surface area contributed by atoms with Gasteiger partial charge in [0.2, 0.25) is 0 Å². The highest BCUT2D eigenvalue weighted by Crippen LogP contribution is 2.29. The van der Waals surface area contributed by atoms with E-state index in [1.807, 2.05) is 12.1 Å². The van der Waals surface area contributed by atoms with Gasteiger partial charge in [0.25, 0.3) is 0 Å². The Balaban J connectivity index is 2.20. The first-order chi connectivity index (χ1) is 9.09. The maximum Gasteiger partial charge on any atom is 0.310 e. The molecule has 1 fully saturated rings. The van der Waals surface area contributed by atoms with Crippen molar-refractivity contribution in [2.24, 2.45) is 0 Å². The zero-order valence-corrected chi connectivity index (χ0v) is 11.2. The van der Waals surface area contributed by atoms with E-state index in [-0.39, 0.29) is 0 Å². The number of carboxylic acids is 1. The number of hydrogen-bond donors (Lipinski definition) is 2. The molecular formula is C16H20O3. The Labute approximate surface area is 113 Å². The molecule has 0 aromatic heterocycles. The number of aliphatic hydroxyl groups excluding tert-OH is 1. The molecule has 19 heavy (non-hydrogen) atoms. The molecule has 1 saturated carbocycles. The zero-order valence-electron chi connectivity index (χ0n) is 11.2. The van der Waals surface area contributed by atoms with Crippen LogP contribution >= 0.6 is 0 Å². The second-order valence-corrected chi connectivity index (χ2v) is 5.19. The number of hydrogen-bond acceptors (Lipinski definition) is 2. The standard InChI is InChI=1S/C16H20O3/c1-11(16(18)19)12-7-9-14(10-8-12)15(17)13-5-3-2-4-6-13/h7-11,17H,2-6H2,1H3,(H,18,19). The van der Waals surface area contributed by atoms with Gasteiger partial charge in [-0.1, -0.05) is 30.7 Å². The van der Waals surface area contributed by atoms with Gasteiger partial charge in [0.15, 0.2) is 0 Å². The summed E-state index contributed by atoms with van der Waals surface area (Å²) in [4.78, 5) is 10.9. The summed E-state index contributed by atoms with van der Waals surface area (Å²) in [5.41, 5.74) is 2.68. The number of rotatable bonds is 3. The van der Waals surface area contributed by atoms with Gasteiger partial charge >= 0.3 is 5.97 Å². The summed E-state index contributed by atoms with van der Waals surface area (Å²) >= 11 is 0. The summed E-state index contributed by atoms with van der Waals surface area (Å²) in [5.74, 6) is -0.963. The number of allylic oxidation sites excluding steroid dienone is 1. The summed E-state index contributed by atoms with van der Waals surface area (Å²) in [5, 5.41) is 19.2. The molecule has 0 saturated heterocycles. The van der Waals surface area contributed by atoms with Crippen molar-refractivity contribution in [3.63, 3.8) is 0 Å². The van der Waals surface area contributed by atoms with Gasteiger partial charge in [-0.3, -0.25) is 4.79 Å². The van der Waals surface area contributed by atoms with Crippen LogP contribution in [0.25, 0.3) is 5.76 Å². The Hall–Kier alpha value is -1.77. The van der Waals surface area contributed by atoms with E-state index < -0.39 is 11.9 Å². The van der Waals surface area contributed by atoms with Gasteiger partial charge < -0.3 is 10.2 Å². The number of aliphatic carboxylic acids is 1. The molecule has 1 aliphatic carbocycles. The lowest BCUT2D eigenvalue weighted by Gasteiger charge is -2.16. The largest absolute Gasteiger partial charge is 0.507 e. The van der Waals surface area contributed by atoms with Crippen LogP contribution in [0.2, 0.25) is 0 Å². The van der Waals surface area contributed by atoms with Crippen molar-refractivity contribution in [2.75, 3.05) is 0 Å². The molecule has 0 bridgehead atoms. The minimum atomic E-state index is -0.831. The maximum atomic E-state index is 10.9. The molecule has 0 amide bonds. The topological polar surface area (TPSA) is 57.5 Å². The van der Waals surface area contributed by atoms with E-state index in [4.69, 9.17) is 5.11 Å². The molecule has 0 aliphatic heterocycles. The highest BCUT2D eigenvalue weighted by Gasteiger charge is 2.15. The lowest BCUT2D eigenvalue weighted by Crippen LogP contribution is -2.07. The van der Waals surface area contributed by atoms with Crippen LogP contribution in [0, 0.1) is 0 Å². The molecule has 2 N–H and O–H groups in total. The quantitative estimate of drug-likeness (QED) is 0.804. The van der Waals surface area contributed by atoms with Gasteiger partial charge in [0.05, 0.1) is 5.92 Å². The fourth-order valence-corrected chi connectivity index (χ4v) is 2.49. The zero-order chi connectivity index (χ0) is 13.8. The van der Waals surface area contributed by atoms with E-state index >= 15 is 0 Å². The molecule has 1 aromatic rings. The second-order valence-electron chi connectivity index (χ2n) is 5.19. The van der Waals surface area contributed by atoms with Crippen molar-refractivity contribution >= 4 is 11.7 Å². The summed E-state index contributed by atoms with van der Waals surface area (Å²) in [7, 11) is 0. The van der Waals surface area contributed by atoms with Crippen molar-refractivity contribution in [2.45, 2.75) is 44.9 Å². The van der Waals surface area contributed by atoms with Gasteiger partial charge in [0.1, 0.15) is 5.76 Å². The summed E-state index contributed by atoms with van der Waals surface area (Å²) < 4.78 is 0. The third kappa shape index (κ3) is 3.16. The summed E-state index contributed by atoms with van der Waals surface area (Å²) in [6, 6.07) is 7.19. The molecule has 102 valence electrons. The van der Waals surface area contributed by atoms with Crippen molar-refractivity contribution in [1.82, 2.24) is 0 Å². The molecule has 1 aliphatic rings. The molecule has 1 atom stereocenters. The lowest BCUT2D eigenvalue weighted by atomic mass is 9.91. The molecule has 1 aromatic carbocycles. The van der Waals surface area contributed by atoms with Crippen LogP contribution in [0.1, 0.15) is 56.1 Å². The van der Waals surface area contributed by atoms with Gasteiger partial charge in [0, 0.05) is 5.56 Å². The average molecular weight is 260 g/mol. The summed E-state index contributed by atoms with van der Waals surface area (Å²) in [6.07, 6.45) is 5.48. The predicted molar refractivity (Wildman–Crippen MR) is 75.1 cm³/mol. The Kier molecular flexibility index (Phi) is 4.25. The maximum absolute atomic E-state index is 10.9. The van der Waals surface area contributed by atoms with Crippen LogP contribution in [0.4, 0.5) is 0 Å². The van der Waals surface area contributed by atoms with Gasteiger partial charge in [-0.05, 0) is 43.7 Å². The Bertz CT molecular complexity index is 477. The first kappa shape index (κ1) is 13.7. The molecule has 3 nitrogen and oxygen atoms in total. The predicted octanol–water partition coefficient (Wildman–Crippen LogP) is 4.11. The van der Waals surface area contributed by atoms with E-state index in [0.717, 1.165) is 42.4 Å². The van der Waals surface area contributed by atoms with E-state index in [9.17, 15) is 9.90 Å². The van der Waals surface area contributed by atoms with Crippen molar-refractivity contribution in [3.05, 3.63) is 41.0 Å². The molecule has 0 heterocycles. The minimum Gasteiger partial charge on any atom is -0.507 e. The van der Waals surface area contributed by atoms with Gasteiger partial charge in [-0.25, -0.2) is 0 Å². The molecule has 0 spiro atoms. The van der Waals surface area contributed by atoms with Crippen molar-refractivity contribution in [1.29, 1.82) is 0 Å². The first-order valence-corrected chi connectivity index (χ1v) is 6.83. The van der Waals surface area contributed by atoms with Crippen molar-refractivity contribution < 1.29 is 15.0 Å². The molecule has 1 unspecified atom stereocenters. The van der Waals surface area contributed by atoms with Gasteiger partial charge in [-0.2, -0.15) is 0 Å². The fraction of sp³-hybridized carbons (Fsp3) is 0.438. The van der Waals surface area contributed by atoms with Crippen LogP contribution in [0.3, 0.4) is 0 Å². The van der Waals surface area contributed by atoms with Crippen LogP contribution in [-0.2, 0) is 4.79 Å². The normalized spacial score (nSPS) is 17.0. The third-order valence-corrected chi connectivity index (χ3v) is 3.85. The molecule has 3 heteroatoms. The average Bonchev–Trinajstić information content (AvgIpc) is 2.46. The first-order valence-electron chi connectivity index (χ1n) is 6.83. The van der Waals surface area contributed by atoms with E-state index in [0.29, 0.717) is 5.76 Å². The highest BCUT2D eigenvalue weighted by atomic mass is 16.4. The van der Waals surface area contributed by atoms with Crippen molar-refractivity contribution in [3.8, 4) is 0 Å². The lowest BCUT2D eigenvalue weighted by molar-refractivity contribution is -0.138. The Morgan fingerprint density at radius 2 is 1.63 bits per heavy atom. The van der Waals surface area contributed by atoms with Crippen LogP contribution < -0.4 is 0 Å². The second kappa shape index (κ2) is 5.91. The van der Waals surface area contributed by atoms with E-state index in [1.165, 1.54) is 6.42 Å². The van der Waals surface area contributed by atoms with E-state index in [2.05, 4.69) is 0 Å². The third-order valence-electron chi connectivity index (χ3n) is 3.85. The summed E-state index contributed by atoms with van der Waals surface area (Å²) in [6.45, 7) is 1.66. The van der Waals surface area contributed by atoms with Crippen LogP contribution in [-0.4, -0.2) is 16.2 Å². The molecule has 0 radical (unpaired) electrons. The minimum absolute atomic E-state index is 0.384.